The molecule has 1 aliphatic heterocycles. The Morgan fingerprint density at radius 2 is 1.70 bits per heavy atom. The fourth-order valence-electron chi connectivity index (χ4n) is 3.22. The summed E-state index contributed by atoms with van der Waals surface area (Å²) in [7, 11) is 1.68. The summed E-state index contributed by atoms with van der Waals surface area (Å²) in [4.78, 5) is 15.0. The van der Waals surface area contributed by atoms with E-state index < -0.39 is 0 Å². The minimum Gasteiger partial charge on any atom is -0.384 e. The van der Waals surface area contributed by atoms with E-state index in [2.05, 4.69) is 43.2 Å². The number of hydrogen-bond acceptors (Lipinski definition) is 4. The van der Waals surface area contributed by atoms with Gasteiger partial charge >= 0.3 is 0 Å². The van der Waals surface area contributed by atoms with Crippen molar-refractivity contribution in [3.8, 4) is 0 Å². The maximum absolute atomic E-state index is 12.6. The molecule has 5 nitrogen and oxygen atoms in total. The van der Waals surface area contributed by atoms with Gasteiger partial charge in [-0.1, -0.05) is 0 Å². The van der Waals surface area contributed by atoms with Crippen molar-refractivity contribution >= 4 is 30.7 Å². The fourth-order valence-corrected chi connectivity index (χ4v) is 3.22. The molecule has 1 heterocycles. The lowest BCUT2D eigenvalue weighted by atomic mass is 9.78. The summed E-state index contributed by atoms with van der Waals surface area (Å²) in [5, 5.41) is 6.44. The van der Waals surface area contributed by atoms with E-state index in [1.54, 1.807) is 7.11 Å². The van der Waals surface area contributed by atoms with Gasteiger partial charge in [0.15, 0.2) is 0 Å². The van der Waals surface area contributed by atoms with Crippen LogP contribution < -0.4 is 10.6 Å². The summed E-state index contributed by atoms with van der Waals surface area (Å²) < 4.78 is 5.31. The highest BCUT2D eigenvalue weighted by Gasteiger charge is 2.39. The van der Waals surface area contributed by atoms with Gasteiger partial charge in [-0.15, -0.1) is 24.8 Å². The van der Waals surface area contributed by atoms with Gasteiger partial charge in [-0.05, 0) is 53.6 Å². The zero-order valence-corrected chi connectivity index (χ0v) is 16.8. The number of halogens is 2. The Bertz CT molecular complexity index is 309. The third-order valence-electron chi connectivity index (χ3n) is 4.45. The van der Waals surface area contributed by atoms with E-state index >= 15 is 0 Å². The number of methoxy groups -OCH3 is 1. The summed E-state index contributed by atoms with van der Waals surface area (Å²) in [5.74, 6) is 0.151. The monoisotopic (exact) mass is 371 g/mol. The third-order valence-corrected chi connectivity index (χ3v) is 4.45. The van der Waals surface area contributed by atoms with Crippen molar-refractivity contribution in [1.82, 2.24) is 15.5 Å². The maximum Gasteiger partial charge on any atom is 0.228 e. The van der Waals surface area contributed by atoms with Crippen molar-refractivity contribution < 1.29 is 9.53 Å². The summed E-state index contributed by atoms with van der Waals surface area (Å²) >= 11 is 0. The minimum absolute atomic E-state index is 0. The molecule has 0 aromatic rings. The van der Waals surface area contributed by atoms with E-state index in [0.717, 1.165) is 32.5 Å². The van der Waals surface area contributed by atoms with Crippen LogP contribution in [0.5, 0.6) is 0 Å². The van der Waals surface area contributed by atoms with Gasteiger partial charge in [0.25, 0.3) is 0 Å². The van der Waals surface area contributed by atoms with Crippen LogP contribution in [0.25, 0.3) is 0 Å². The fraction of sp³-hybridized carbons (Fsp3) is 0.938. The maximum atomic E-state index is 12.6. The zero-order valence-electron chi connectivity index (χ0n) is 15.2. The van der Waals surface area contributed by atoms with Crippen LogP contribution in [0.2, 0.25) is 0 Å². The van der Waals surface area contributed by atoms with Crippen LogP contribution in [0.15, 0.2) is 0 Å². The molecule has 1 rings (SSSR count). The van der Waals surface area contributed by atoms with Crippen LogP contribution in [0.4, 0.5) is 0 Å². The molecule has 0 unspecified atom stereocenters. The Balaban J connectivity index is 0. The van der Waals surface area contributed by atoms with Crippen LogP contribution in [0, 0.1) is 5.41 Å². The molecule has 0 aromatic carbocycles. The highest BCUT2D eigenvalue weighted by molar-refractivity contribution is 5.85. The van der Waals surface area contributed by atoms with Gasteiger partial charge in [0, 0.05) is 32.3 Å². The highest BCUT2D eigenvalue weighted by atomic mass is 35.5. The third kappa shape index (κ3) is 7.57. The number of rotatable bonds is 8. The lowest BCUT2D eigenvalue weighted by Gasteiger charge is -2.36. The number of amides is 1. The number of carbonyl (C=O) groups excluding carboxylic acids is 1. The van der Waals surface area contributed by atoms with E-state index in [9.17, 15) is 4.79 Å². The average molecular weight is 372 g/mol. The predicted molar refractivity (Wildman–Crippen MR) is 101 cm³/mol. The van der Waals surface area contributed by atoms with Crippen molar-refractivity contribution in [3.05, 3.63) is 0 Å². The van der Waals surface area contributed by atoms with E-state index in [1.807, 2.05) is 0 Å². The minimum atomic E-state index is -0.347. The van der Waals surface area contributed by atoms with Gasteiger partial charge < -0.3 is 15.4 Å². The van der Waals surface area contributed by atoms with Gasteiger partial charge in [-0.25, -0.2) is 0 Å². The molecule has 0 radical (unpaired) electrons. The Kier molecular flexibility index (Phi) is 13.5. The molecule has 1 fully saturated rings. The lowest BCUT2D eigenvalue weighted by molar-refractivity contribution is -0.136. The Labute approximate surface area is 154 Å². The summed E-state index contributed by atoms with van der Waals surface area (Å²) in [6, 6.07) is 0.988. The van der Waals surface area contributed by atoms with E-state index in [4.69, 9.17) is 4.74 Å². The molecule has 7 heteroatoms. The smallest absolute Gasteiger partial charge is 0.228 e. The second kappa shape index (κ2) is 12.3. The van der Waals surface area contributed by atoms with Crippen molar-refractivity contribution in [1.29, 1.82) is 0 Å². The molecule has 0 bridgehead atoms. The standard InChI is InChI=1S/C16H33N3O2.2ClH/c1-13(2)19(14(3)4)11-10-18-15(20)16(12-21-5)6-8-17-9-7-16;;/h13-14,17H,6-12H2,1-5H3,(H,18,20);2*1H. The zero-order chi connectivity index (χ0) is 15.9. The van der Waals surface area contributed by atoms with E-state index in [1.165, 1.54) is 0 Å². The Morgan fingerprint density at radius 1 is 1.17 bits per heavy atom. The summed E-state index contributed by atoms with van der Waals surface area (Å²) in [5.41, 5.74) is -0.347. The van der Waals surface area contributed by atoms with Crippen LogP contribution in [-0.4, -0.2) is 62.8 Å². The van der Waals surface area contributed by atoms with Crippen LogP contribution in [0.1, 0.15) is 40.5 Å². The van der Waals surface area contributed by atoms with E-state index in [-0.39, 0.29) is 36.1 Å². The molecule has 1 saturated heterocycles. The van der Waals surface area contributed by atoms with Crippen molar-refractivity contribution in [2.75, 3.05) is 39.9 Å². The van der Waals surface area contributed by atoms with Gasteiger partial charge in [-0.2, -0.15) is 0 Å². The second-order valence-corrected chi connectivity index (χ2v) is 6.64. The predicted octanol–water partition coefficient (Wildman–Crippen LogP) is 2.08. The summed E-state index contributed by atoms with van der Waals surface area (Å²) in [6.45, 7) is 12.7. The second-order valence-electron chi connectivity index (χ2n) is 6.64. The van der Waals surface area contributed by atoms with Gasteiger partial charge in [-0.3, -0.25) is 9.69 Å². The number of carbonyl (C=O) groups is 1. The number of nitrogens with zero attached hydrogens (tertiary/aromatic N) is 1. The first kappa shape index (κ1) is 25.2. The van der Waals surface area contributed by atoms with Gasteiger partial charge in [0.1, 0.15) is 0 Å². The number of hydrogen-bond donors (Lipinski definition) is 2. The average Bonchev–Trinajstić information content (AvgIpc) is 2.43. The SMILES string of the molecule is COCC1(C(=O)NCCN(C(C)C)C(C)C)CCNCC1.Cl.Cl. The van der Waals surface area contributed by atoms with Crippen molar-refractivity contribution in [2.24, 2.45) is 5.41 Å². The van der Waals surface area contributed by atoms with E-state index in [0.29, 0.717) is 25.2 Å². The summed E-state index contributed by atoms with van der Waals surface area (Å²) in [6.07, 6.45) is 1.70. The number of nitrogens with one attached hydrogen (secondary N) is 2. The molecule has 2 N–H and O–H groups in total. The first-order chi connectivity index (χ1) is 9.93. The first-order valence-electron chi connectivity index (χ1n) is 8.16. The number of ether oxygens (including phenoxy) is 1. The topological polar surface area (TPSA) is 53.6 Å². The van der Waals surface area contributed by atoms with Crippen molar-refractivity contribution in [2.45, 2.75) is 52.6 Å². The molecule has 140 valence electrons. The molecule has 0 atom stereocenters. The van der Waals surface area contributed by atoms with Gasteiger partial charge in [0.2, 0.25) is 5.91 Å². The molecule has 0 aromatic heterocycles. The Hall–Kier alpha value is -0.0700. The number of piperidine rings is 1. The molecular formula is C16H35Cl2N3O2. The molecule has 0 saturated carbocycles. The molecule has 1 aliphatic rings. The lowest BCUT2D eigenvalue weighted by Crippen LogP contribution is -2.51. The quantitative estimate of drug-likeness (QED) is 0.685. The molecule has 0 aliphatic carbocycles. The molecule has 1 amide bonds. The van der Waals surface area contributed by atoms with Gasteiger partial charge in [0.05, 0.1) is 12.0 Å². The molecular weight excluding hydrogens is 337 g/mol. The Morgan fingerprint density at radius 3 is 2.13 bits per heavy atom. The van der Waals surface area contributed by atoms with Crippen LogP contribution in [-0.2, 0) is 9.53 Å². The first-order valence-corrected chi connectivity index (χ1v) is 8.16. The molecule has 23 heavy (non-hydrogen) atoms. The van der Waals surface area contributed by atoms with Crippen LogP contribution >= 0.6 is 24.8 Å². The van der Waals surface area contributed by atoms with Crippen molar-refractivity contribution in [3.63, 3.8) is 0 Å². The van der Waals surface area contributed by atoms with Crippen LogP contribution in [0.3, 0.4) is 0 Å². The normalized spacial score (nSPS) is 16.9. The molecule has 0 spiro atoms. The largest absolute Gasteiger partial charge is 0.384 e. The highest BCUT2D eigenvalue weighted by Crippen LogP contribution is 2.29.